The molecular weight excluding hydrogens is 356 g/mol. The van der Waals surface area contributed by atoms with Crippen LogP contribution >= 0.6 is 0 Å². The predicted octanol–water partition coefficient (Wildman–Crippen LogP) is 3.23. The monoisotopic (exact) mass is 396 g/mol. The molecule has 0 atom stereocenters. The molecule has 0 rings (SSSR count). The van der Waals surface area contributed by atoms with E-state index in [0.717, 1.165) is 25.3 Å². The summed E-state index contributed by atoms with van der Waals surface area (Å²) in [5.74, 6) is 0. The van der Waals surface area contributed by atoms with Crippen molar-refractivity contribution in [3.8, 4) is 0 Å². The molecule has 0 unspecified atom stereocenters. The maximum atomic E-state index is 9.36. The topological polar surface area (TPSA) is 68.2 Å². The molecule has 0 aliphatic carbocycles. The van der Waals surface area contributed by atoms with Gasteiger partial charge in [0, 0.05) is 6.61 Å². The molecule has 0 heterocycles. The molecule has 24 heavy (non-hydrogen) atoms. The molecule has 146 valence electrons. The van der Waals surface area contributed by atoms with Gasteiger partial charge in [-0.2, -0.15) is 0 Å². The van der Waals surface area contributed by atoms with Gasteiger partial charge < -0.3 is 23.2 Å². The molecule has 8 heteroatoms. The van der Waals surface area contributed by atoms with E-state index >= 15 is 0 Å². The molecule has 0 saturated heterocycles. The minimum Gasteiger partial charge on any atom is -0.439 e. The van der Waals surface area contributed by atoms with Crippen LogP contribution in [-0.4, -0.2) is 61.6 Å². The summed E-state index contributed by atoms with van der Waals surface area (Å²) in [7, 11) is -4.70. The summed E-state index contributed by atoms with van der Waals surface area (Å²) in [4.78, 5) is 0. The van der Waals surface area contributed by atoms with Crippen molar-refractivity contribution in [2.24, 2.45) is 0 Å². The van der Waals surface area contributed by atoms with Crippen LogP contribution < -0.4 is 0 Å². The number of unbranched alkanes of at least 4 members (excludes halogenated alkanes) is 2. The lowest BCUT2D eigenvalue weighted by Gasteiger charge is -2.31. The van der Waals surface area contributed by atoms with E-state index in [1.807, 2.05) is 6.92 Å². The fourth-order valence-corrected chi connectivity index (χ4v) is 10.8. The van der Waals surface area contributed by atoms with E-state index in [0.29, 0.717) is 13.0 Å². The Hall–Kier alpha value is 0.451. The minimum atomic E-state index is -1.58. The molecule has 0 aliphatic rings. The highest BCUT2D eigenvalue weighted by Gasteiger charge is 2.29. The summed E-state index contributed by atoms with van der Waals surface area (Å²) in [6, 6.07) is 1.05. The van der Waals surface area contributed by atoms with Gasteiger partial charge in [0.1, 0.15) is 5.60 Å². The van der Waals surface area contributed by atoms with Crippen molar-refractivity contribution in [1.82, 2.24) is 0 Å². The number of aliphatic hydroxyl groups excluding tert-OH is 2. The van der Waals surface area contributed by atoms with Gasteiger partial charge in [0.15, 0.2) is 16.6 Å². The van der Waals surface area contributed by atoms with E-state index in [1.165, 1.54) is 0 Å². The van der Waals surface area contributed by atoms with Crippen LogP contribution in [-0.2, 0) is 13.0 Å². The largest absolute Gasteiger partial charge is 0.439 e. The Balaban J connectivity index is 4.15. The van der Waals surface area contributed by atoms with E-state index in [9.17, 15) is 10.2 Å². The lowest BCUT2D eigenvalue weighted by molar-refractivity contribution is -0.111. The molecule has 0 fully saturated rings. The highest BCUT2D eigenvalue weighted by Crippen LogP contribution is 2.18. The van der Waals surface area contributed by atoms with Crippen molar-refractivity contribution < 1.29 is 23.2 Å². The lowest BCUT2D eigenvalue weighted by atomic mass is 10.0. The van der Waals surface area contributed by atoms with Crippen molar-refractivity contribution in [3.63, 3.8) is 0 Å². The third kappa shape index (κ3) is 11.9. The number of aliphatic hydroxyl groups is 2. The van der Waals surface area contributed by atoms with Crippen LogP contribution in [0, 0.1) is 0 Å². The van der Waals surface area contributed by atoms with Gasteiger partial charge in [0.05, 0.1) is 13.2 Å². The summed E-state index contributed by atoms with van der Waals surface area (Å²) < 4.78 is 18.3. The number of hydrogen-bond donors (Lipinski definition) is 2. The van der Waals surface area contributed by atoms with Crippen LogP contribution in [0.3, 0.4) is 0 Å². The van der Waals surface area contributed by atoms with Crippen LogP contribution in [0.25, 0.3) is 0 Å². The zero-order chi connectivity index (χ0) is 18.9. The summed E-state index contributed by atoms with van der Waals surface area (Å²) in [6.45, 7) is 15.6. The molecule has 0 aromatic carbocycles. The molecule has 0 bridgehead atoms. The summed E-state index contributed by atoms with van der Waals surface area (Å²) in [5, 5.41) is 18.7. The Morgan fingerprint density at radius 1 is 0.833 bits per heavy atom. The Kier molecular flexibility index (Phi) is 11.4. The molecule has 2 N–H and O–H groups in total. The highest BCUT2D eigenvalue weighted by molar-refractivity contribution is 6.81. The molecule has 0 saturated carbocycles. The second kappa shape index (κ2) is 11.2. The van der Waals surface area contributed by atoms with Crippen LogP contribution in [0.2, 0.25) is 45.3 Å². The molecule has 0 aromatic rings. The molecule has 0 aliphatic heterocycles. The lowest BCUT2D eigenvalue weighted by Crippen LogP contribution is -2.43. The van der Waals surface area contributed by atoms with Gasteiger partial charge in [-0.05, 0) is 58.2 Å². The van der Waals surface area contributed by atoms with Crippen LogP contribution in [0.4, 0.5) is 0 Å². The average molecular weight is 397 g/mol. The first-order valence-corrected chi connectivity index (χ1v) is 17.8. The summed E-state index contributed by atoms with van der Waals surface area (Å²) >= 11 is 0. The normalized spacial score (nSPS) is 13.8. The number of rotatable bonds is 14. The fraction of sp³-hybridized carbons (Fsp3) is 1.00. The van der Waals surface area contributed by atoms with E-state index in [1.54, 1.807) is 0 Å². The van der Waals surface area contributed by atoms with Gasteiger partial charge in [0.25, 0.3) is 0 Å². The van der Waals surface area contributed by atoms with Crippen LogP contribution in [0.15, 0.2) is 0 Å². The molecular formula is C16H40O5Si3. The average Bonchev–Trinajstić information content (AvgIpc) is 2.44. The van der Waals surface area contributed by atoms with Crippen molar-refractivity contribution in [2.45, 2.75) is 83.5 Å². The van der Waals surface area contributed by atoms with Crippen LogP contribution in [0.5, 0.6) is 0 Å². The molecule has 0 radical (unpaired) electrons. The zero-order valence-electron chi connectivity index (χ0n) is 16.9. The number of ether oxygens (including phenoxy) is 1. The third-order valence-corrected chi connectivity index (χ3v) is 12.3. The maximum absolute atomic E-state index is 9.36. The van der Waals surface area contributed by atoms with Gasteiger partial charge in [-0.15, -0.1) is 0 Å². The van der Waals surface area contributed by atoms with Crippen molar-refractivity contribution >= 4 is 25.9 Å². The van der Waals surface area contributed by atoms with Gasteiger partial charge >= 0.3 is 9.28 Å². The van der Waals surface area contributed by atoms with E-state index < -0.39 is 31.5 Å². The Labute approximate surface area is 152 Å². The van der Waals surface area contributed by atoms with Gasteiger partial charge in [0.2, 0.25) is 0 Å². The smallest absolute Gasteiger partial charge is 0.300 e. The molecule has 5 nitrogen and oxygen atoms in total. The second-order valence-electron chi connectivity index (χ2n) is 8.44. The van der Waals surface area contributed by atoms with Crippen molar-refractivity contribution in [2.75, 3.05) is 19.8 Å². The highest BCUT2D eigenvalue weighted by atomic mass is 28.4. The maximum Gasteiger partial charge on any atom is 0.300 e. The number of hydrogen-bond acceptors (Lipinski definition) is 5. The second-order valence-corrected chi connectivity index (χ2v) is 20.2. The van der Waals surface area contributed by atoms with E-state index in [4.69, 9.17) is 13.0 Å². The van der Waals surface area contributed by atoms with Crippen molar-refractivity contribution in [3.05, 3.63) is 0 Å². The Morgan fingerprint density at radius 2 is 1.33 bits per heavy atom. The first-order chi connectivity index (χ1) is 11.0. The van der Waals surface area contributed by atoms with Crippen molar-refractivity contribution in [1.29, 1.82) is 0 Å². The third-order valence-electron chi connectivity index (χ3n) is 3.68. The summed E-state index contributed by atoms with van der Waals surface area (Å²) in [6.07, 6.45) is 3.70. The molecule has 0 spiro atoms. The minimum absolute atomic E-state index is 0.136. The Morgan fingerprint density at radius 3 is 1.71 bits per heavy atom. The SMILES string of the molecule is CCC(CO)(CO)OCCCCC[SiH](O[Si](C)(C)C)O[Si](C)(C)C. The Bertz CT molecular complexity index is 300. The zero-order valence-corrected chi connectivity index (χ0v) is 20.0. The van der Waals surface area contributed by atoms with Gasteiger partial charge in [-0.3, -0.25) is 0 Å². The molecule has 0 aromatic heterocycles. The quantitative estimate of drug-likeness (QED) is 0.348. The molecule has 0 amide bonds. The predicted molar refractivity (Wildman–Crippen MR) is 108 cm³/mol. The van der Waals surface area contributed by atoms with Crippen LogP contribution in [0.1, 0.15) is 32.6 Å². The van der Waals surface area contributed by atoms with E-state index in [-0.39, 0.29) is 13.2 Å². The standard InChI is InChI=1S/C16H40O5Si3/c1-8-16(14-17,15-18)19-12-10-9-11-13-22(20-23(2,3)4)21-24(5,6)7/h17-18,22H,8-15H2,1-7H3. The fourth-order valence-electron chi connectivity index (χ4n) is 2.28. The van der Waals surface area contributed by atoms with Gasteiger partial charge in [-0.25, -0.2) is 0 Å². The van der Waals surface area contributed by atoms with E-state index in [2.05, 4.69) is 39.3 Å². The van der Waals surface area contributed by atoms with Gasteiger partial charge in [-0.1, -0.05) is 19.8 Å². The first kappa shape index (κ1) is 24.5. The summed E-state index contributed by atoms with van der Waals surface area (Å²) in [5.41, 5.74) is -0.779. The first-order valence-electron chi connectivity index (χ1n) is 9.18.